The van der Waals surface area contributed by atoms with E-state index in [4.69, 9.17) is 10.2 Å². The van der Waals surface area contributed by atoms with Gasteiger partial charge in [-0.1, -0.05) is 0 Å². The highest BCUT2D eigenvalue weighted by Gasteiger charge is 2.14. The summed E-state index contributed by atoms with van der Waals surface area (Å²) < 4.78 is 0. The molecular formula is C6H9NO3. The second kappa shape index (κ2) is 2.70. The summed E-state index contributed by atoms with van der Waals surface area (Å²) in [6, 6.07) is 0. The van der Waals surface area contributed by atoms with E-state index in [1.807, 2.05) is 0 Å². The van der Waals surface area contributed by atoms with Crippen LogP contribution in [-0.2, 0) is 0 Å². The summed E-state index contributed by atoms with van der Waals surface area (Å²) in [5, 5.41) is 17.3. The molecule has 0 saturated heterocycles. The summed E-state index contributed by atoms with van der Waals surface area (Å²) in [5.74, 6) is 0. The maximum atomic E-state index is 10.3. The molecule has 0 radical (unpaired) electrons. The summed E-state index contributed by atoms with van der Waals surface area (Å²) in [4.78, 5) is 11.4. The summed E-state index contributed by atoms with van der Waals surface area (Å²) >= 11 is 0. The van der Waals surface area contributed by atoms with E-state index in [0.717, 1.165) is 4.90 Å². The van der Waals surface area contributed by atoms with E-state index in [-0.39, 0.29) is 0 Å². The monoisotopic (exact) mass is 143 g/mol. The third-order valence-corrected chi connectivity index (χ3v) is 1.40. The molecule has 10 heavy (non-hydrogen) atoms. The minimum Gasteiger partial charge on any atom is -0.465 e. The van der Waals surface area contributed by atoms with Crippen LogP contribution in [0.3, 0.4) is 0 Å². The van der Waals surface area contributed by atoms with Crippen LogP contribution < -0.4 is 0 Å². The van der Waals surface area contributed by atoms with Crippen molar-refractivity contribution >= 4 is 6.09 Å². The van der Waals surface area contributed by atoms with Crippen LogP contribution in [0.25, 0.3) is 0 Å². The number of carboxylic acid groups (broad SMARTS) is 1. The zero-order valence-corrected chi connectivity index (χ0v) is 5.40. The Labute approximate surface area is 58.4 Å². The molecule has 0 bridgehead atoms. The van der Waals surface area contributed by atoms with Crippen molar-refractivity contribution in [3.05, 3.63) is 12.3 Å². The number of aliphatic hydroxyl groups is 1. The SMILES string of the molecule is O=C(O)N1C=C[C@@H](O)CC1. The Kier molecular flexibility index (Phi) is 1.91. The van der Waals surface area contributed by atoms with Crippen LogP contribution in [-0.4, -0.2) is 33.9 Å². The van der Waals surface area contributed by atoms with Crippen LogP contribution in [0.5, 0.6) is 0 Å². The molecule has 2 N–H and O–H groups in total. The lowest BCUT2D eigenvalue weighted by atomic mass is 10.2. The van der Waals surface area contributed by atoms with E-state index < -0.39 is 12.2 Å². The van der Waals surface area contributed by atoms with Gasteiger partial charge in [-0.2, -0.15) is 0 Å². The van der Waals surface area contributed by atoms with Gasteiger partial charge in [-0.25, -0.2) is 4.79 Å². The van der Waals surface area contributed by atoms with Gasteiger partial charge in [0.15, 0.2) is 0 Å². The van der Waals surface area contributed by atoms with Crippen molar-refractivity contribution in [3.63, 3.8) is 0 Å². The van der Waals surface area contributed by atoms with Crippen molar-refractivity contribution in [3.8, 4) is 0 Å². The second-order valence-corrected chi connectivity index (χ2v) is 2.17. The fourth-order valence-electron chi connectivity index (χ4n) is 0.805. The predicted molar refractivity (Wildman–Crippen MR) is 34.5 cm³/mol. The minimum atomic E-state index is -0.969. The van der Waals surface area contributed by atoms with Gasteiger partial charge in [0.2, 0.25) is 0 Å². The first-order valence-electron chi connectivity index (χ1n) is 3.06. The van der Waals surface area contributed by atoms with Gasteiger partial charge < -0.3 is 10.2 Å². The molecule has 0 unspecified atom stereocenters. The van der Waals surface area contributed by atoms with Gasteiger partial charge in [0.1, 0.15) is 0 Å². The molecule has 1 aliphatic heterocycles. The average molecular weight is 143 g/mol. The number of hydrogen-bond donors (Lipinski definition) is 2. The number of aliphatic hydroxyl groups excluding tert-OH is 1. The molecule has 0 spiro atoms. The number of hydrogen-bond acceptors (Lipinski definition) is 2. The smallest absolute Gasteiger partial charge is 0.411 e. The molecule has 4 heteroatoms. The van der Waals surface area contributed by atoms with Crippen molar-refractivity contribution in [1.82, 2.24) is 4.90 Å². The van der Waals surface area contributed by atoms with Gasteiger partial charge in [-0.15, -0.1) is 0 Å². The molecule has 1 heterocycles. The molecule has 0 aromatic rings. The first kappa shape index (κ1) is 7.08. The van der Waals surface area contributed by atoms with E-state index in [2.05, 4.69) is 0 Å². The molecule has 1 aliphatic rings. The fourth-order valence-corrected chi connectivity index (χ4v) is 0.805. The summed E-state index contributed by atoms with van der Waals surface area (Å²) in [6.07, 6.45) is 1.90. The zero-order valence-electron chi connectivity index (χ0n) is 5.40. The van der Waals surface area contributed by atoms with E-state index >= 15 is 0 Å². The summed E-state index contributed by atoms with van der Waals surface area (Å²) in [6.45, 7) is 0.382. The Morgan fingerprint density at radius 1 is 1.70 bits per heavy atom. The van der Waals surface area contributed by atoms with Gasteiger partial charge in [0, 0.05) is 12.7 Å². The third-order valence-electron chi connectivity index (χ3n) is 1.40. The maximum absolute atomic E-state index is 10.3. The highest BCUT2D eigenvalue weighted by Crippen LogP contribution is 2.05. The first-order chi connectivity index (χ1) is 4.70. The highest BCUT2D eigenvalue weighted by molar-refractivity contribution is 5.66. The summed E-state index contributed by atoms with van der Waals surface area (Å²) in [7, 11) is 0. The lowest BCUT2D eigenvalue weighted by molar-refractivity contribution is 0.142. The Morgan fingerprint density at radius 2 is 2.40 bits per heavy atom. The fraction of sp³-hybridized carbons (Fsp3) is 0.500. The van der Waals surface area contributed by atoms with Crippen LogP contribution in [0.4, 0.5) is 4.79 Å². The summed E-state index contributed by atoms with van der Waals surface area (Å²) in [5.41, 5.74) is 0. The van der Waals surface area contributed by atoms with Crippen molar-refractivity contribution in [1.29, 1.82) is 0 Å². The second-order valence-electron chi connectivity index (χ2n) is 2.17. The van der Waals surface area contributed by atoms with Gasteiger partial charge in [-0.3, -0.25) is 4.90 Å². The predicted octanol–water partition coefficient (Wildman–Crippen LogP) is 0.245. The Balaban J connectivity index is 2.53. The topological polar surface area (TPSA) is 60.8 Å². The average Bonchev–Trinajstić information content (AvgIpc) is 1.88. The number of amides is 1. The number of nitrogens with zero attached hydrogens (tertiary/aromatic N) is 1. The Bertz CT molecular complexity index is 166. The largest absolute Gasteiger partial charge is 0.465 e. The van der Waals surface area contributed by atoms with Gasteiger partial charge in [0.25, 0.3) is 0 Å². The van der Waals surface area contributed by atoms with Crippen molar-refractivity contribution < 1.29 is 15.0 Å². The normalized spacial score (nSPS) is 24.9. The van der Waals surface area contributed by atoms with E-state index in [1.54, 1.807) is 0 Å². The van der Waals surface area contributed by atoms with Crippen LogP contribution in [0.15, 0.2) is 12.3 Å². The van der Waals surface area contributed by atoms with Crippen LogP contribution in [0, 0.1) is 0 Å². The minimum absolute atomic E-state index is 0.382. The Hall–Kier alpha value is -1.03. The highest BCUT2D eigenvalue weighted by atomic mass is 16.4. The quantitative estimate of drug-likeness (QED) is 0.510. The lowest BCUT2D eigenvalue weighted by Gasteiger charge is -2.20. The third kappa shape index (κ3) is 1.48. The van der Waals surface area contributed by atoms with Crippen LogP contribution >= 0.6 is 0 Å². The van der Waals surface area contributed by atoms with Crippen molar-refractivity contribution in [2.75, 3.05) is 6.54 Å². The molecule has 0 aromatic heterocycles. The Morgan fingerprint density at radius 3 is 2.80 bits per heavy atom. The molecule has 1 atom stereocenters. The van der Waals surface area contributed by atoms with E-state index in [0.29, 0.717) is 13.0 Å². The van der Waals surface area contributed by atoms with Gasteiger partial charge >= 0.3 is 6.09 Å². The van der Waals surface area contributed by atoms with Crippen molar-refractivity contribution in [2.45, 2.75) is 12.5 Å². The number of carbonyl (C=O) groups is 1. The molecule has 0 aliphatic carbocycles. The molecular weight excluding hydrogens is 134 g/mol. The van der Waals surface area contributed by atoms with Gasteiger partial charge in [-0.05, 0) is 12.5 Å². The lowest BCUT2D eigenvalue weighted by Crippen LogP contribution is -2.30. The molecule has 0 fully saturated rings. The maximum Gasteiger partial charge on any atom is 0.411 e. The molecule has 0 saturated carbocycles. The number of rotatable bonds is 0. The van der Waals surface area contributed by atoms with Crippen LogP contribution in [0.1, 0.15) is 6.42 Å². The van der Waals surface area contributed by atoms with E-state index in [1.165, 1.54) is 12.3 Å². The van der Waals surface area contributed by atoms with Gasteiger partial charge in [0.05, 0.1) is 6.10 Å². The molecule has 1 amide bonds. The molecule has 4 nitrogen and oxygen atoms in total. The standard InChI is InChI=1S/C6H9NO3/c8-5-1-3-7(4-2-5)6(9)10/h1,3,5,8H,2,4H2,(H,9,10)/t5-/m1/s1. The van der Waals surface area contributed by atoms with Crippen LogP contribution in [0.2, 0.25) is 0 Å². The molecule has 56 valence electrons. The van der Waals surface area contributed by atoms with E-state index in [9.17, 15) is 4.79 Å². The van der Waals surface area contributed by atoms with Crippen molar-refractivity contribution in [2.24, 2.45) is 0 Å². The zero-order chi connectivity index (χ0) is 7.56. The molecule has 1 rings (SSSR count). The molecule has 0 aromatic carbocycles. The first-order valence-corrected chi connectivity index (χ1v) is 3.06.